The maximum absolute atomic E-state index is 10.2. The molecule has 10 heavy (non-hydrogen) atoms. The molecule has 0 aliphatic heterocycles. The zero-order chi connectivity index (χ0) is 7.56. The summed E-state index contributed by atoms with van der Waals surface area (Å²) in [5.74, 6) is 0.167. The Morgan fingerprint density at radius 3 is 2.70 bits per heavy atom. The molecular formula is C7H5HgO2. The molecule has 0 bridgehead atoms. The third-order valence-corrected chi connectivity index (χ3v) is 3.50. The predicted molar refractivity (Wildman–Crippen MR) is 33.1 cm³/mol. The van der Waals surface area contributed by atoms with Crippen LogP contribution < -0.4 is 3.07 Å². The quantitative estimate of drug-likeness (QED) is 0.600. The fraction of sp³-hybridized carbons (Fsp3) is 0. The Labute approximate surface area is 74.8 Å². The fourth-order valence-corrected chi connectivity index (χ4v) is 2.03. The number of aromatic hydroxyl groups is 1. The first-order chi connectivity index (χ1) is 4.75. The molecule has 2 nitrogen and oxygen atoms in total. The summed E-state index contributed by atoms with van der Waals surface area (Å²) in [7, 11) is 0. The number of aldehydes is 1. The van der Waals surface area contributed by atoms with E-state index in [1.54, 1.807) is 12.1 Å². The molecule has 0 radical (unpaired) electrons. The standard InChI is InChI=1S/C7H5O2.Hg/c8-5-6-3-1-2-4-7(6)9;/h1-3,5,9H;. The van der Waals surface area contributed by atoms with Gasteiger partial charge in [0.25, 0.3) is 0 Å². The van der Waals surface area contributed by atoms with E-state index in [1.165, 1.54) is 0 Å². The average molecular weight is 322 g/mol. The van der Waals surface area contributed by atoms with Crippen LogP contribution >= 0.6 is 0 Å². The van der Waals surface area contributed by atoms with E-state index in [2.05, 4.69) is 0 Å². The van der Waals surface area contributed by atoms with E-state index in [9.17, 15) is 9.90 Å². The van der Waals surface area contributed by atoms with Crippen LogP contribution in [0.3, 0.4) is 0 Å². The van der Waals surface area contributed by atoms with Gasteiger partial charge in [0.15, 0.2) is 0 Å². The molecule has 1 aromatic carbocycles. The number of hydrogen-bond acceptors (Lipinski definition) is 2. The van der Waals surface area contributed by atoms with Crippen molar-refractivity contribution in [2.45, 2.75) is 0 Å². The van der Waals surface area contributed by atoms with Crippen molar-refractivity contribution in [2.75, 3.05) is 0 Å². The summed E-state index contributed by atoms with van der Waals surface area (Å²) in [4.78, 5) is 10.2. The van der Waals surface area contributed by atoms with E-state index in [1.807, 2.05) is 6.07 Å². The monoisotopic (exact) mass is 323 g/mol. The van der Waals surface area contributed by atoms with Crippen molar-refractivity contribution in [3.63, 3.8) is 0 Å². The van der Waals surface area contributed by atoms with Crippen molar-refractivity contribution in [1.29, 1.82) is 0 Å². The van der Waals surface area contributed by atoms with Crippen LogP contribution in [-0.2, 0) is 26.1 Å². The summed E-state index contributed by atoms with van der Waals surface area (Å²) in [6, 6.07) is 5.23. The molecule has 1 rings (SSSR count). The molecule has 0 aliphatic carbocycles. The number of benzene rings is 1. The van der Waals surface area contributed by atoms with Crippen LogP contribution in [0.5, 0.6) is 5.75 Å². The Morgan fingerprint density at radius 2 is 2.20 bits per heavy atom. The molecule has 0 spiro atoms. The summed E-state index contributed by atoms with van der Waals surface area (Å²) in [5, 5.41) is 9.21. The van der Waals surface area contributed by atoms with Crippen LogP contribution in [0.15, 0.2) is 18.2 Å². The molecule has 0 heterocycles. The zero-order valence-electron chi connectivity index (χ0n) is 5.37. The van der Waals surface area contributed by atoms with Crippen molar-refractivity contribution >= 4 is 9.36 Å². The topological polar surface area (TPSA) is 37.3 Å². The number of phenols is 1. The molecule has 0 aliphatic rings. The van der Waals surface area contributed by atoms with E-state index in [0.29, 0.717) is 38.0 Å². The van der Waals surface area contributed by atoms with Crippen molar-refractivity contribution in [3.05, 3.63) is 23.8 Å². The van der Waals surface area contributed by atoms with Gasteiger partial charge in [-0.3, -0.25) is 0 Å². The van der Waals surface area contributed by atoms with E-state index in [-0.39, 0.29) is 5.75 Å². The van der Waals surface area contributed by atoms with E-state index in [0.717, 1.165) is 3.07 Å². The summed E-state index contributed by atoms with van der Waals surface area (Å²) in [6.07, 6.45) is 0.672. The van der Waals surface area contributed by atoms with Gasteiger partial charge in [-0.05, 0) is 0 Å². The Bertz CT molecular complexity index is 258. The number of hydrogen-bond donors (Lipinski definition) is 1. The fourth-order valence-electron chi connectivity index (χ4n) is 0.706. The van der Waals surface area contributed by atoms with Crippen molar-refractivity contribution < 1.29 is 36.0 Å². The van der Waals surface area contributed by atoms with Gasteiger partial charge in [-0.1, -0.05) is 0 Å². The minimum atomic E-state index is 0.167. The molecule has 0 atom stereocenters. The van der Waals surface area contributed by atoms with Gasteiger partial charge < -0.3 is 0 Å². The summed E-state index contributed by atoms with van der Waals surface area (Å²) in [6.45, 7) is 0. The number of carbonyl (C=O) groups is 1. The second-order valence-electron chi connectivity index (χ2n) is 1.97. The summed E-state index contributed by atoms with van der Waals surface area (Å²) < 4.78 is 0.921. The number of phenolic OH excluding ortho intramolecular Hbond substituents is 1. The minimum absolute atomic E-state index is 0.167. The van der Waals surface area contributed by atoms with Gasteiger partial charge in [0, 0.05) is 0 Å². The molecule has 0 saturated carbocycles. The Kier molecular flexibility index (Phi) is 2.43. The first-order valence-electron chi connectivity index (χ1n) is 2.85. The molecular weight excluding hydrogens is 317 g/mol. The first-order valence-corrected chi connectivity index (χ1v) is 5.59. The Morgan fingerprint density at radius 1 is 1.50 bits per heavy atom. The van der Waals surface area contributed by atoms with Gasteiger partial charge in [-0.2, -0.15) is 0 Å². The summed E-state index contributed by atoms with van der Waals surface area (Å²) in [5.41, 5.74) is 0.396. The van der Waals surface area contributed by atoms with Crippen LogP contribution in [0.4, 0.5) is 0 Å². The number of rotatable bonds is 1. The number of carbonyl (C=O) groups excluding carboxylic acids is 1. The molecule has 0 aromatic heterocycles. The van der Waals surface area contributed by atoms with Crippen LogP contribution in [-0.4, -0.2) is 11.4 Å². The molecule has 0 unspecified atom stereocenters. The van der Waals surface area contributed by atoms with Crippen LogP contribution in [0.25, 0.3) is 0 Å². The molecule has 0 saturated heterocycles. The van der Waals surface area contributed by atoms with Gasteiger partial charge in [0.1, 0.15) is 0 Å². The van der Waals surface area contributed by atoms with Gasteiger partial charge in [-0.15, -0.1) is 0 Å². The molecule has 47 valence electrons. The summed E-state index contributed by atoms with van der Waals surface area (Å²) >= 11 is 0.378. The van der Waals surface area contributed by atoms with Gasteiger partial charge in [-0.25, -0.2) is 0 Å². The van der Waals surface area contributed by atoms with Crippen molar-refractivity contribution in [1.82, 2.24) is 0 Å². The zero-order valence-corrected chi connectivity index (χ0v) is 10.9. The van der Waals surface area contributed by atoms with Crippen molar-refractivity contribution in [3.8, 4) is 5.75 Å². The van der Waals surface area contributed by atoms with Gasteiger partial charge in [0.2, 0.25) is 0 Å². The van der Waals surface area contributed by atoms with Crippen LogP contribution in [0, 0.1) is 0 Å². The van der Waals surface area contributed by atoms with E-state index >= 15 is 0 Å². The molecule has 0 fully saturated rings. The van der Waals surface area contributed by atoms with E-state index in [4.69, 9.17) is 0 Å². The maximum atomic E-state index is 10.2. The number of para-hydroxylation sites is 1. The van der Waals surface area contributed by atoms with E-state index < -0.39 is 0 Å². The molecule has 0 amide bonds. The Balaban J connectivity index is 3.27. The normalized spacial score (nSPS) is 9.40. The molecule has 1 N–H and O–H groups in total. The van der Waals surface area contributed by atoms with Gasteiger partial charge >= 0.3 is 74.9 Å². The third kappa shape index (κ3) is 1.37. The van der Waals surface area contributed by atoms with Gasteiger partial charge in [0.05, 0.1) is 0 Å². The van der Waals surface area contributed by atoms with Crippen LogP contribution in [0.2, 0.25) is 0 Å². The van der Waals surface area contributed by atoms with Crippen LogP contribution in [0.1, 0.15) is 10.4 Å². The second kappa shape index (κ2) is 3.15. The van der Waals surface area contributed by atoms with Crippen molar-refractivity contribution in [2.24, 2.45) is 0 Å². The molecule has 1 aromatic rings. The SMILES string of the molecule is O=Cc1ccc[c]([Hg])c1O. The molecule has 3 heteroatoms. The third-order valence-electron chi connectivity index (χ3n) is 1.28. The average Bonchev–Trinajstić information content (AvgIpc) is 1.95. The predicted octanol–water partition coefficient (Wildman–Crippen LogP) is 0.377. The second-order valence-corrected chi connectivity index (χ2v) is 4.93. The first kappa shape index (κ1) is 7.73. The Hall–Kier alpha value is -0.375.